The van der Waals surface area contributed by atoms with Crippen LogP contribution < -0.4 is 4.90 Å². The van der Waals surface area contributed by atoms with Crippen molar-refractivity contribution in [2.24, 2.45) is 5.92 Å². The number of carbonyl (C=O) groups is 2. The van der Waals surface area contributed by atoms with Crippen molar-refractivity contribution >= 4 is 29.2 Å². The van der Waals surface area contributed by atoms with Crippen molar-refractivity contribution in [3.05, 3.63) is 59.1 Å². The summed E-state index contributed by atoms with van der Waals surface area (Å²) in [6.07, 6.45) is 1.50. The predicted molar refractivity (Wildman–Crippen MR) is 90.9 cm³/mol. The van der Waals surface area contributed by atoms with Crippen LogP contribution >= 0.6 is 11.6 Å². The minimum absolute atomic E-state index is 0.000969. The Bertz CT molecular complexity index is 780. The summed E-state index contributed by atoms with van der Waals surface area (Å²) in [7, 11) is 1.30. The van der Waals surface area contributed by atoms with Crippen LogP contribution in [0, 0.1) is 11.7 Å². The molecular formula is C18H16ClFN2O3. The lowest BCUT2D eigenvalue weighted by molar-refractivity contribution is -0.149. The summed E-state index contributed by atoms with van der Waals surface area (Å²) >= 11 is 5.89. The largest absolute Gasteiger partial charge is 0.469 e. The van der Waals surface area contributed by atoms with Gasteiger partial charge in [0.2, 0.25) is 5.91 Å². The molecule has 1 aromatic heterocycles. The van der Waals surface area contributed by atoms with Gasteiger partial charge in [0.15, 0.2) is 0 Å². The number of carbonyl (C=O) groups excluding carboxylic acids is 2. The Morgan fingerprint density at radius 1 is 1.28 bits per heavy atom. The van der Waals surface area contributed by atoms with Crippen molar-refractivity contribution in [3.63, 3.8) is 0 Å². The second-order valence-corrected chi connectivity index (χ2v) is 6.26. The van der Waals surface area contributed by atoms with Crippen molar-refractivity contribution in [2.45, 2.75) is 12.3 Å². The molecule has 5 nitrogen and oxygen atoms in total. The van der Waals surface area contributed by atoms with Crippen LogP contribution in [-0.2, 0) is 14.3 Å². The Morgan fingerprint density at radius 2 is 2.00 bits per heavy atom. The molecule has 130 valence electrons. The van der Waals surface area contributed by atoms with Crippen LogP contribution in [0.4, 0.5) is 10.1 Å². The molecule has 2 atom stereocenters. The number of piperidine rings is 1. The number of ether oxygens (including phenoxy) is 1. The molecule has 1 amide bonds. The first-order valence-electron chi connectivity index (χ1n) is 7.75. The monoisotopic (exact) mass is 362 g/mol. The molecule has 0 radical (unpaired) electrons. The van der Waals surface area contributed by atoms with E-state index in [2.05, 4.69) is 4.98 Å². The SMILES string of the molecule is COC(=O)C1CC(=O)N(c2ccc(F)cc2)CC1c1ccc(Cl)cn1. The zero-order valence-corrected chi connectivity index (χ0v) is 14.2. The van der Waals surface area contributed by atoms with E-state index in [0.717, 1.165) is 0 Å². The number of hydrogen-bond donors (Lipinski definition) is 0. The van der Waals surface area contributed by atoms with Crippen LogP contribution in [0.15, 0.2) is 42.6 Å². The standard InChI is InChI=1S/C18H16ClFN2O3/c1-25-18(24)14-8-17(23)22(13-5-3-12(20)4-6-13)10-15(14)16-7-2-11(19)9-21-16/h2-7,9,14-15H,8,10H2,1H3. The molecule has 25 heavy (non-hydrogen) atoms. The van der Waals surface area contributed by atoms with E-state index in [-0.39, 0.29) is 30.6 Å². The van der Waals surface area contributed by atoms with Gasteiger partial charge in [0.05, 0.1) is 18.1 Å². The quantitative estimate of drug-likeness (QED) is 0.787. The molecule has 0 spiro atoms. The molecule has 1 aromatic carbocycles. The molecule has 1 aliphatic rings. The molecule has 0 bridgehead atoms. The zero-order chi connectivity index (χ0) is 18.0. The van der Waals surface area contributed by atoms with E-state index in [4.69, 9.17) is 16.3 Å². The van der Waals surface area contributed by atoms with Gasteiger partial charge in [-0.1, -0.05) is 11.6 Å². The molecule has 1 fully saturated rings. The van der Waals surface area contributed by atoms with Gasteiger partial charge in [-0.25, -0.2) is 4.39 Å². The lowest BCUT2D eigenvalue weighted by Crippen LogP contribution is -2.46. The molecule has 2 aromatic rings. The fourth-order valence-corrected chi connectivity index (χ4v) is 3.15. The zero-order valence-electron chi connectivity index (χ0n) is 13.5. The second-order valence-electron chi connectivity index (χ2n) is 5.82. The number of amides is 1. The summed E-state index contributed by atoms with van der Waals surface area (Å²) in [5.41, 5.74) is 1.23. The minimum atomic E-state index is -0.622. The molecule has 1 saturated heterocycles. The van der Waals surface area contributed by atoms with Gasteiger partial charge in [0.25, 0.3) is 0 Å². The summed E-state index contributed by atoms with van der Waals surface area (Å²) < 4.78 is 18.0. The van der Waals surface area contributed by atoms with Crippen LogP contribution in [0.1, 0.15) is 18.0 Å². The van der Waals surface area contributed by atoms with Crippen molar-refractivity contribution in [1.29, 1.82) is 0 Å². The molecular weight excluding hydrogens is 347 g/mol. The predicted octanol–water partition coefficient (Wildman–Crippen LogP) is 3.18. The molecule has 3 rings (SSSR count). The smallest absolute Gasteiger partial charge is 0.309 e. The third-order valence-corrected chi connectivity index (χ3v) is 4.56. The fraction of sp³-hybridized carbons (Fsp3) is 0.278. The van der Waals surface area contributed by atoms with Crippen molar-refractivity contribution < 1.29 is 18.7 Å². The molecule has 2 heterocycles. The van der Waals surface area contributed by atoms with Crippen LogP contribution in [0.2, 0.25) is 5.02 Å². The molecule has 0 saturated carbocycles. The van der Waals surface area contributed by atoms with E-state index < -0.39 is 11.9 Å². The number of anilines is 1. The van der Waals surface area contributed by atoms with Crippen LogP contribution in [-0.4, -0.2) is 30.5 Å². The number of aromatic nitrogens is 1. The van der Waals surface area contributed by atoms with Crippen molar-refractivity contribution in [2.75, 3.05) is 18.6 Å². The highest BCUT2D eigenvalue weighted by Crippen LogP contribution is 2.35. The van der Waals surface area contributed by atoms with Gasteiger partial charge in [0, 0.05) is 36.5 Å². The number of hydrogen-bond acceptors (Lipinski definition) is 4. The average molecular weight is 363 g/mol. The maximum atomic E-state index is 13.2. The molecule has 0 N–H and O–H groups in total. The maximum absolute atomic E-state index is 13.2. The highest BCUT2D eigenvalue weighted by Gasteiger charge is 2.41. The van der Waals surface area contributed by atoms with Gasteiger partial charge in [0.1, 0.15) is 5.82 Å². The number of halogens is 2. The third kappa shape index (κ3) is 3.64. The first-order valence-corrected chi connectivity index (χ1v) is 8.12. The summed E-state index contributed by atoms with van der Waals surface area (Å²) in [5.74, 6) is -2.01. The van der Waals surface area contributed by atoms with Crippen molar-refractivity contribution in [3.8, 4) is 0 Å². The van der Waals surface area contributed by atoms with Gasteiger partial charge in [-0.15, -0.1) is 0 Å². The topological polar surface area (TPSA) is 59.5 Å². The molecule has 1 aliphatic heterocycles. The number of rotatable bonds is 3. The first-order chi connectivity index (χ1) is 12.0. The summed E-state index contributed by atoms with van der Waals surface area (Å²) in [6, 6.07) is 9.10. The Hall–Kier alpha value is -2.47. The highest BCUT2D eigenvalue weighted by atomic mass is 35.5. The normalized spacial score (nSPS) is 20.4. The Kier molecular flexibility index (Phi) is 4.99. The lowest BCUT2D eigenvalue weighted by Gasteiger charge is -2.36. The van der Waals surface area contributed by atoms with E-state index in [1.165, 1.54) is 37.6 Å². The number of benzene rings is 1. The molecule has 7 heteroatoms. The van der Waals surface area contributed by atoms with E-state index in [1.54, 1.807) is 17.0 Å². The van der Waals surface area contributed by atoms with Gasteiger partial charge < -0.3 is 9.64 Å². The van der Waals surface area contributed by atoms with Gasteiger partial charge in [-0.3, -0.25) is 14.6 Å². The van der Waals surface area contributed by atoms with E-state index in [9.17, 15) is 14.0 Å². The minimum Gasteiger partial charge on any atom is -0.469 e. The number of nitrogens with zero attached hydrogens (tertiary/aromatic N) is 2. The Balaban J connectivity index is 1.95. The van der Waals surface area contributed by atoms with E-state index in [1.807, 2.05) is 0 Å². The van der Waals surface area contributed by atoms with E-state index in [0.29, 0.717) is 16.4 Å². The lowest BCUT2D eigenvalue weighted by atomic mass is 9.82. The number of methoxy groups -OCH3 is 1. The van der Waals surface area contributed by atoms with Gasteiger partial charge in [-0.2, -0.15) is 0 Å². The second kappa shape index (κ2) is 7.19. The van der Waals surface area contributed by atoms with Crippen LogP contribution in [0.3, 0.4) is 0 Å². The maximum Gasteiger partial charge on any atom is 0.309 e. The molecule has 2 unspecified atom stereocenters. The summed E-state index contributed by atoms with van der Waals surface area (Å²) in [4.78, 5) is 30.5. The summed E-state index contributed by atoms with van der Waals surface area (Å²) in [6.45, 7) is 0.249. The van der Waals surface area contributed by atoms with Crippen LogP contribution in [0.5, 0.6) is 0 Å². The third-order valence-electron chi connectivity index (χ3n) is 4.33. The average Bonchev–Trinajstić information content (AvgIpc) is 2.62. The van der Waals surface area contributed by atoms with Gasteiger partial charge in [-0.05, 0) is 36.4 Å². The van der Waals surface area contributed by atoms with Crippen molar-refractivity contribution in [1.82, 2.24) is 4.98 Å². The Morgan fingerprint density at radius 3 is 2.60 bits per heavy atom. The number of pyridine rings is 1. The summed E-state index contributed by atoms with van der Waals surface area (Å²) in [5, 5.41) is 0.487. The first kappa shape index (κ1) is 17.4. The van der Waals surface area contributed by atoms with E-state index >= 15 is 0 Å². The van der Waals surface area contributed by atoms with Crippen LogP contribution in [0.25, 0.3) is 0 Å². The Labute approximate surface area is 149 Å². The number of esters is 1. The van der Waals surface area contributed by atoms with Gasteiger partial charge >= 0.3 is 5.97 Å². The highest BCUT2D eigenvalue weighted by molar-refractivity contribution is 6.30. The molecule has 0 aliphatic carbocycles. The fourth-order valence-electron chi connectivity index (χ4n) is 3.04.